The van der Waals surface area contributed by atoms with Crippen LogP contribution < -0.4 is 4.74 Å². The molecule has 1 amide bonds. The predicted molar refractivity (Wildman–Crippen MR) is 148 cm³/mol. The number of likely N-dealkylation sites (tertiary alicyclic amines) is 1. The molecule has 202 valence electrons. The Morgan fingerprint density at radius 2 is 1.92 bits per heavy atom. The maximum atomic E-state index is 13.5. The lowest BCUT2D eigenvalue weighted by Crippen LogP contribution is -2.33. The fourth-order valence-electron chi connectivity index (χ4n) is 5.04. The molecule has 9 nitrogen and oxygen atoms in total. The number of phenols is 1. The lowest BCUT2D eigenvalue weighted by atomic mass is 9.96. The summed E-state index contributed by atoms with van der Waals surface area (Å²) in [5.74, 6) is -1.70. The molecule has 1 aliphatic rings. The van der Waals surface area contributed by atoms with E-state index in [1.165, 1.54) is 12.0 Å². The van der Waals surface area contributed by atoms with Crippen molar-refractivity contribution >= 4 is 39.0 Å². The number of imidazole rings is 1. The number of benzene rings is 1. The number of nitrogens with zero attached hydrogens (tertiary/aromatic N) is 4. The van der Waals surface area contributed by atoms with Crippen LogP contribution in [-0.4, -0.2) is 74.4 Å². The molecule has 2 N–H and O–H groups in total. The van der Waals surface area contributed by atoms with Crippen LogP contribution in [0.15, 0.2) is 40.5 Å². The summed E-state index contributed by atoms with van der Waals surface area (Å²) in [7, 11) is 1.43. The van der Waals surface area contributed by atoms with Gasteiger partial charge in [-0.25, -0.2) is 4.98 Å². The number of hydrogen-bond acceptors (Lipinski definition) is 7. The van der Waals surface area contributed by atoms with E-state index in [9.17, 15) is 19.8 Å². The highest BCUT2D eigenvalue weighted by atomic mass is 79.9. The smallest absolute Gasteiger partial charge is 0.295 e. The third-order valence-corrected chi connectivity index (χ3v) is 7.81. The zero-order valence-electron chi connectivity index (χ0n) is 22.3. The molecule has 0 spiro atoms. The van der Waals surface area contributed by atoms with E-state index in [1.54, 1.807) is 12.1 Å². The van der Waals surface area contributed by atoms with Crippen LogP contribution >= 0.6 is 15.9 Å². The van der Waals surface area contributed by atoms with Gasteiger partial charge in [0.25, 0.3) is 11.7 Å². The van der Waals surface area contributed by atoms with E-state index < -0.39 is 17.7 Å². The number of ether oxygens (including phenoxy) is 1. The number of Topliss-reactive ketones (excluding diaryl/α,β-unsaturated/α-hetero) is 1. The summed E-state index contributed by atoms with van der Waals surface area (Å²) in [5.41, 5.74) is 2.95. The standard InChI is InChI=1S/C28H33BrN4O5/c1-6-31(7-2)11-9-13-33-23(18-14-19(29)24(34)20(15-18)38-5)21(26(36)28(33)37)25(35)22-17(4)32-12-8-10-16(3)27(32)30-22/h8,10,12,14-15,23,34-35H,6-7,9,11,13H2,1-5H3/b25-21+. The van der Waals surface area contributed by atoms with Gasteiger partial charge in [0.1, 0.15) is 11.3 Å². The van der Waals surface area contributed by atoms with Crippen molar-refractivity contribution in [3.63, 3.8) is 0 Å². The van der Waals surface area contributed by atoms with Crippen LogP contribution in [0.1, 0.15) is 48.8 Å². The first-order valence-corrected chi connectivity index (χ1v) is 13.5. The number of halogens is 1. The highest BCUT2D eigenvalue weighted by Gasteiger charge is 2.46. The topological polar surface area (TPSA) is 108 Å². The number of hydrogen-bond donors (Lipinski definition) is 2. The first kappa shape index (κ1) is 27.7. The van der Waals surface area contributed by atoms with Gasteiger partial charge >= 0.3 is 0 Å². The Labute approximate surface area is 230 Å². The number of rotatable bonds is 9. The van der Waals surface area contributed by atoms with Gasteiger partial charge in [-0.15, -0.1) is 0 Å². The number of aliphatic hydroxyl groups excluding tert-OH is 1. The van der Waals surface area contributed by atoms with Crippen molar-refractivity contribution in [3.8, 4) is 11.5 Å². The number of methoxy groups -OCH3 is 1. The molecular weight excluding hydrogens is 552 g/mol. The number of aromatic hydroxyl groups is 1. The van der Waals surface area contributed by atoms with E-state index in [2.05, 4.69) is 39.7 Å². The Morgan fingerprint density at radius 3 is 2.55 bits per heavy atom. The Hall–Kier alpha value is -3.37. The van der Waals surface area contributed by atoms with Crippen LogP contribution in [-0.2, 0) is 9.59 Å². The number of aliphatic hydroxyl groups is 1. The monoisotopic (exact) mass is 584 g/mol. The molecular formula is C28H33BrN4O5. The molecule has 0 saturated carbocycles. The molecule has 1 fully saturated rings. The van der Waals surface area contributed by atoms with Gasteiger partial charge in [0.15, 0.2) is 17.3 Å². The number of aromatic nitrogens is 2. The van der Waals surface area contributed by atoms with Crippen LogP contribution in [0.2, 0.25) is 0 Å². The van der Waals surface area contributed by atoms with Crippen LogP contribution in [0, 0.1) is 13.8 Å². The highest BCUT2D eigenvalue weighted by Crippen LogP contribution is 2.44. The van der Waals surface area contributed by atoms with Gasteiger partial charge in [0.2, 0.25) is 0 Å². The summed E-state index contributed by atoms with van der Waals surface area (Å²) in [5, 5.41) is 22.0. The van der Waals surface area contributed by atoms with Gasteiger partial charge in [-0.2, -0.15) is 0 Å². The largest absolute Gasteiger partial charge is 0.505 e. The summed E-state index contributed by atoms with van der Waals surface area (Å²) in [6.45, 7) is 10.7. The second-order valence-electron chi connectivity index (χ2n) is 9.36. The van der Waals surface area contributed by atoms with Crippen molar-refractivity contribution in [2.45, 2.75) is 40.2 Å². The third kappa shape index (κ3) is 4.78. The van der Waals surface area contributed by atoms with Crippen molar-refractivity contribution < 1.29 is 24.5 Å². The molecule has 3 heterocycles. The quantitative estimate of drug-likeness (QED) is 0.215. The van der Waals surface area contributed by atoms with Gasteiger partial charge in [-0.3, -0.25) is 9.59 Å². The van der Waals surface area contributed by atoms with E-state index in [4.69, 9.17) is 4.74 Å². The number of fused-ring (bicyclic) bond motifs is 1. The van der Waals surface area contributed by atoms with E-state index in [0.29, 0.717) is 34.3 Å². The van der Waals surface area contributed by atoms with Gasteiger partial charge in [0.05, 0.1) is 28.9 Å². The molecule has 2 aromatic heterocycles. The molecule has 1 aromatic carbocycles. The number of ketones is 1. The number of pyridine rings is 1. The lowest BCUT2D eigenvalue weighted by Gasteiger charge is -2.27. The normalized spacial score (nSPS) is 17.2. The SMILES string of the molecule is CCN(CC)CCCN1C(=O)C(=O)/C(=C(/O)c2nc3c(C)cccn3c2C)C1c1cc(Br)c(O)c(OC)c1. The van der Waals surface area contributed by atoms with E-state index >= 15 is 0 Å². The summed E-state index contributed by atoms with van der Waals surface area (Å²) in [4.78, 5) is 35.2. The summed E-state index contributed by atoms with van der Waals surface area (Å²) >= 11 is 3.35. The van der Waals surface area contributed by atoms with Crippen molar-refractivity contribution in [2.75, 3.05) is 33.3 Å². The number of aryl methyl sites for hydroxylation is 2. The molecule has 38 heavy (non-hydrogen) atoms. The third-order valence-electron chi connectivity index (χ3n) is 7.20. The predicted octanol–water partition coefficient (Wildman–Crippen LogP) is 4.58. The minimum atomic E-state index is -0.886. The van der Waals surface area contributed by atoms with Crippen molar-refractivity contribution in [2.24, 2.45) is 0 Å². The Morgan fingerprint density at radius 1 is 1.21 bits per heavy atom. The van der Waals surface area contributed by atoms with Crippen molar-refractivity contribution in [1.29, 1.82) is 0 Å². The van der Waals surface area contributed by atoms with Crippen LogP contribution in [0.5, 0.6) is 11.5 Å². The van der Waals surface area contributed by atoms with Gasteiger partial charge < -0.3 is 29.2 Å². The van der Waals surface area contributed by atoms with Crippen molar-refractivity contribution in [3.05, 3.63) is 63.0 Å². The maximum Gasteiger partial charge on any atom is 0.295 e. The Bertz CT molecular complexity index is 1430. The van der Waals surface area contributed by atoms with Crippen LogP contribution in [0.3, 0.4) is 0 Å². The van der Waals surface area contributed by atoms with E-state index in [0.717, 1.165) is 25.2 Å². The molecule has 4 rings (SSSR count). The van der Waals surface area contributed by atoms with E-state index in [1.807, 2.05) is 36.6 Å². The second kappa shape index (κ2) is 11.2. The molecule has 1 unspecified atom stereocenters. The fourth-order valence-corrected chi connectivity index (χ4v) is 5.50. The Balaban J connectivity index is 1.88. The average Bonchev–Trinajstić information content (AvgIpc) is 3.38. The molecule has 1 saturated heterocycles. The number of carbonyl (C=O) groups is 2. The zero-order valence-corrected chi connectivity index (χ0v) is 23.9. The molecule has 3 aromatic rings. The Kier molecular flexibility index (Phi) is 8.13. The number of carbonyl (C=O) groups excluding carboxylic acids is 2. The fraction of sp³-hybridized carbons (Fsp3) is 0.393. The number of amides is 1. The van der Waals surface area contributed by atoms with Crippen LogP contribution in [0.25, 0.3) is 11.4 Å². The van der Waals surface area contributed by atoms with Gasteiger partial charge in [0, 0.05) is 12.7 Å². The molecule has 10 heteroatoms. The van der Waals surface area contributed by atoms with Crippen LogP contribution in [0.4, 0.5) is 0 Å². The minimum absolute atomic E-state index is 0.0401. The highest BCUT2D eigenvalue weighted by molar-refractivity contribution is 9.10. The van der Waals surface area contributed by atoms with E-state index in [-0.39, 0.29) is 28.5 Å². The lowest BCUT2D eigenvalue weighted by molar-refractivity contribution is -0.140. The molecule has 0 aliphatic carbocycles. The zero-order chi connectivity index (χ0) is 27.7. The van der Waals surface area contributed by atoms with Gasteiger partial charge in [-0.05, 0) is 85.2 Å². The molecule has 0 radical (unpaired) electrons. The first-order chi connectivity index (χ1) is 18.1. The average molecular weight is 585 g/mol. The van der Waals surface area contributed by atoms with Crippen molar-refractivity contribution in [1.82, 2.24) is 19.2 Å². The summed E-state index contributed by atoms with van der Waals surface area (Å²) in [6.07, 6.45) is 2.49. The second-order valence-corrected chi connectivity index (χ2v) is 10.2. The maximum absolute atomic E-state index is 13.5. The summed E-state index contributed by atoms with van der Waals surface area (Å²) < 4.78 is 7.53. The van der Waals surface area contributed by atoms with Gasteiger partial charge in [-0.1, -0.05) is 19.9 Å². The first-order valence-electron chi connectivity index (χ1n) is 12.7. The molecule has 0 bridgehead atoms. The number of phenolic OH excluding ortho intramolecular Hbond substituents is 1. The summed E-state index contributed by atoms with van der Waals surface area (Å²) in [6, 6.07) is 6.14. The molecule has 1 aliphatic heterocycles. The minimum Gasteiger partial charge on any atom is -0.505 e. The molecule has 1 atom stereocenters.